The quantitative estimate of drug-likeness (QED) is 0.687. The molecule has 3 rings (SSSR count). The summed E-state index contributed by atoms with van der Waals surface area (Å²) < 4.78 is 11.1. The fourth-order valence-electron chi connectivity index (χ4n) is 2.73. The predicted octanol–water partition coefficient (Wildman–Crippen LogP) is 3.53. The number of rotatable bonds is 7. The SMILES string of the molecule is Cc1nc(CCOc2ccc(Cc3c[nH]cc3C(=O)O)cc2)c(C)o1. The van der Waals surface area contributed by atoms with Crippen molar-refractivity contribution in [2.45, 2.75) is 26.7 Å². The third kappa shape index (κ3) is 4.09. The van der Waals surface area contributed by atoms with Gasteiger partial charge in [-0.1, -0.05) is 12.1 Å². The highest BCUT2D eigenvalue weighted by atomic mass is 16.5. The van der Waals surface area contributed by atoms with Gasteiger partial charge in [-0.25, -0.2) is 9.78 Å². The molecule has 0 spiro atoms. The Labute approximate surface area is 145 Å². The number of carboxylic acid groups (broad SMARTS) is 1. The fraction of sp³-hybridized carbons (Fsp3) is 0.263. The Morgan fingerprint density at radius 3 is 2.64 bits per heavy atom. The first-order valence-electron chi connectivity index (χ1n) is 8.06. The van der Waals surface area contributed by atoms with Crippen molar-refractivity contribution in [1.29, 1.82) is 0 Å². The predicted molar refractivity (Wildman–Crippen MR) is 92.2 cm³/mol. The molecular formula is C19H20N2O4. The van der Waals surface area contributed by atoms with Crippen LogP contribution < -0.4 is 4.74 Å². The Bertz CT molecular complexity index is 862. The van der Waals surface area contributed by atoms with E-state index in [1.165, 1.54) is 6.20 Å². The van der Waals surface area contributed by atoms with Crippen LogP contribution in [0.2, 0.25) is 0 Å². The number of aryl methyl sites for hydroxylation is 2. The number of hydrogen-bond donors (Lipinski definition) is 2. The highest BCUT2D eigenvalue weighted by Gasteiger charge is 2.11. The van der Waals surface area contributed by atoms with Crippen LogP contribution in [0.5, 0.6) is 5.75 Å². The summed E-state index contributed by atoms with van der Waals surface area (Å²) in [6.07, 6.45) is 4.47. The molecule has 0 aliphatic heterocycles. The number of aromatic nitrogens is 2. The number of hydrogen-bond acceptors (Lipinski definition) is 4. The van der Waals surface area contributed by atoms with Gasteiger partial charge < -0.3 is 19.2 Å². The molecule has 0 saturated carbocycles. The normalized spacial score (nSPS) is 10.8. The molecule has 0 saturated heterocycles. The van der Waals surface area contributed by atoms with E-state index in [-0.39, 0.29) is 0 Å². The van der Waals surface area contributed by atoms with E-state index >= 15 is 0 Å². The maximum Gasteiger partial charge on any atom is 0.337 e. The second-order valence-corrected chi connectivity index (χ2v) is 5.85. The number of oxazole rings is 1. The van der Waals surface area contributed by atoms with Crippen molar-refractivity contribution in [3.8, 4) is 5.75 Å². The van der Waals surface area contributed by atoms with E-state index in [1.807, 2.05) is 38.1 Å². The van der Waals surface area contributed by atoms with Gasteiger partial charge in [-0.15, -0.1) is 0 Å². The number of carboxylic acids is 1. The van der Waals surface area contributed by atoms with Gasteiger partial charge in [-0.3, -0.25) is 0 Å². The summed E-state index contributed by atoms with van der Waals surface area (Å²) in [5, 5.41) is 9.14. The van der Waals surface area contributed by atoms with E-state index in [0.29, 0.717) is 30.9 Å². The van der Waals surface area contributed by atoms with Crippen LogP contribution in [0.25, 0.3) is 0 Å². The summed E-state index contributed by atoms with van der Waals surface area (Å²) in [7, 11) is 0. The van der Waals surface area contributed by atoms with Crippen molar-refractivity contribution in [2.24, 2.45) is 0 Å². The molecule has 25 heavy (non-hydrogen) atoms. The van der Waals surface area contributed by atoms with Crippen molar-refractivity contribution < 1.29 is 19.1 Å². The average molecular weight is 340 g/mol. The molecule has 3 aromatic rings. The van der Waals surface area contributed by atoms with Crippen LogP contribution in [-0.2, 0) is 12.8 Å². The van der Waals surface area contributed by atoms with Crippen LogP contribution in [0, 0.1) is 13.8 Å². The molecular weight excluding hydrogens is 320 g/mol. The van der Waals surface area contributed by atoms with E-state index in [9.17, 15) is 4.79 Å². The zero-order valence-electron chi connectivity index (χ0n) is 14.2. The summed E-state index contributed by atoms with van der Waals surface area (Å²) >= 11 is 0. The molecule has 0 unspecified atom stereocenters. The third-order valence-electron chi connectivity index (χ3n) is 3.99. The van der Waals surface area contributed by atoms with Crippen LogP contribution in [0.1, 0.15) is 38.8 Å². The minimum Gasteiger partial charge on any atom is -0.493 e. The van der Waals surface area contributed by atoms with Gasteiger partial charge in [-0.05, 0) is 36.6 Å². The van der Waals surface area contributed by atoms with E-state index in [1.54, 1.807) is 6.20 Å². The summed E-state index contributed by atoms with van der Waals surface area (Å²) in [6, 6.07) is 7.67. The van der Waals surface area contributed by atoms with Crippen molar-refractivity contribution in [1.82, 2.24) is 9.97 Å². The lowest BCUT2D eigenvalue weighted by Crippen LogP contribution is -2.03. The summed E-state index contributed by atoms with van der Waals surface area (Å²) in [5.41, 5.74) is 3.01. The first-order valence-corrected chi connectivity index (χ1v) is 8.06. The Hall–Kier alpha value is -3.02. The van der Waals surface area contributed by atoms with E-state index in [4.69, 9.17) is 14.3 Å². The van der Waals surface area contributed by atoms with Crippen molar-refractivity contribution >= 4 is 5.97 Å². The Morgan fingerprint density at radius 2 is 2.00 bits per heavy atom. The lowest BCUT2D eigenvalue weighted by molar-refractivity contribution is 0.0696. The van der Waals surface area contributed by atoms with Crippen LogP contribution in [0.3, 0.4) is 0 Å². The molecule has 130 valence electrons. The standard InChI is InChI=1S/C19H20N2O4/c1-12-18(21-13(2)25-12)7-8-24-16-5-3-14(4-6-16)9-15-10-20-11-17(15)19(22)23/h3-6,10-11,20H,7-9H2,1-2H3,(H,22,23). The number of aromatic carboxylic acids is 1. The molecule has 0 aliphatic carbocycles. The molecule has 2 heterocycles. The zero-order valence-corrected chi connectivity index (χ0v) is 14.2. The minimum atomic E-state index is -0.922. The van der Waals surface area contributed by atoms with E-state index < -0.39 is 5.97 Å². The monoisotopic (exact) mass is 340 g/mol. The van der Waals surface area contributed by atoms with Crippen LogP contribution in [-0.4, -0.2) is 27.7 Å². The topological polar surface area (TPSA) is 88.3 Å². The number of nitrogens with one attached hydrogen (secondary N) is 1. The van der Waals surface area contributed by atoms with Gasteiger partial charge in [0.15, 0.2) is 5.89 Å². The third-order valence-corrected chi connectivity index (χ3v) is 3.99. The molecule has 0 atom stereocenters. The van der Waals surface area contributed by atoms with Crippen LogP contribution >= 0.6 is 0 Å². The highest BCUT2D eigenvalue weighted by molar-refractivity contribution is 5.89. The van der Waals surface area contributed by atoms with Crippen molar-refractivity contribution in [3.63, 3.8) is 0 Å². The second-order valence-electron chi connectivity index (χ2n) is 5.85. The minimum absolute atomic E-state index is 0.304. The average Bonchev–Trinajstić information content (AvgIpc) is 3.15. The number of nitrogens with zero attached hydrogens (tertiary/aromatic N) is 1. The molecule has 2 aromatic heterocycles. The summed E-state index contributed by atoms with van der Waals surface area (Å²) in [4.78, 5) is 18.3. The maximum absolute atomic E-state index is 11.1. The van der Waals surface area contributed by atoms with Crippen LogP contribution in [0.4, 0.5) is 0 Å². The van der Waals surface area contributed by atoms with Gasteiger partial charge in [0.2, 0.25) is 0 Å². The van der Waals surface area contributed by atoms with Crippen molar-refractivity contribution in [2.75, 3.05) is 6.61 Å². The van der Waals surface area contributed by atoms with Gasteiger partial charge >= 0.3 is 5.97 Å². The number of benzene rings is 1. The highest BCUT2D eigenvalue weighted by Crippen LogP contribution is 2.18. The van der Waals surface area contributed by atoms with E-state index in [2.05, 4.69) is 9.97 Å². The fourth-order valence-corrected chi connectivity index (χ4v) is 2.73. The van der Waals surface area contributed by atoms with Gasteiger partial charge in [0, 0.05) is 25.7 Å². The Kier molecular flexibility index (Phi) is 4.88. The summed E-state index contributed by atoms with van der Waals surface area (Å²) in [5.74, 6) is 1.35. The number of aromatic amines is 1. The first-order chi connectivity index (χ1) is 12.0. The smallest absolute Gasteiger partial charge is 0.337 e. The first kappa shape index (κ1) is 16.8. The molecule has 0 aliphatic rings. The number of H-pyrrole nitrogens is 1. The zero-order chi connectivity index (χ0) is 17.8. The second kappa shape index (κ2) is 7.25. The van der Waals surface area contributed by atoms with Gasteiger partial charge in [0.25, 0.3) is 0 Å². The van der Waals surface area contributed by atoms with E-state index in [0.717, 1.165) is 28.3 Å². The molecule has 0 bridgehead atoms. The van der Waals surface area contributed by atoms with Crippen molar-refractivity contribution in [3.05, 3.63) is 70.7 Å². The van der Waals surface area contributed by atoms with Gasteiger partial charge in [0.05, 0.1) is 17.9 Å². The van der Waals surface area contributed by atoms with Gasteiger partial charge in [0.1, 0.15) is 11.5 Å². The molecule has 2 N–H and O–H groups in total. The number of carbonyl (C=O) groups is 1. The molecule has 1 aromatic carbocycles. The molecule has 6 nitrogen and oxygen atoms in total. The molecule has 0 amide bonds. The molecule has 0 radical (unpaired) electrons. The molecule has 6 heteroatoms. The van der Waals surface area contributed by atoms with Crippen LogP contribution in [0.15, 0.2) is 41.1 Å². The molecule has 0 fully saturated rings. The lowest BCUT2D eigenvalue weighted by atomic mass is 10.0. The summed E-state index contributed by atoms with van der Waals surface area (Å²) in [6.45, 7) is 4.25. The number of ether oxygens (including phenoxy) is 1. The maximum atomic E-state index is 11.1. The Balaban J connectivity index is 1.56. The lowest BCUT2D eigenvalue weighted by Gasteiger charge is -2.07. The largest absolute Gasteiger partial charge is 0.493 e. The Morgan fingerprint density at radius 1 is 1.24 bits per heavy atom. The van der Waals surface area contributed by atoms with Gasteiger partial charge in [-0.2, -0.15) is 0 Å².